The summed E-state index contributed by atoms with van der Waals surface area (Å²) in [5.41, 5.74) is 0.298. The number of sulfone groups is 1. The van der Waals surface area contributed by atoms with E-state index in [0.29, 0.717) is 12.2 Å². The molecule has 2 aromatic rings. The first kappa shape index (κ1) is 17.0. The lowest BCUT2D eigenvalue weighted by atomic mass is 10.5. The van der Waals surface area contributed by atoms with Crippen molar-refractivity contribution in [1.82, 2.24) is 19.7 Å². The lowest BCUT2D eigenvalue weighted by Gasteiger charge is -2.09. The average molecular weight is 364 g/mol. The molecule has 0 unspecified atom stereocenters. The van der Waals surface area contributed by atoms with Gasteiger partial charge < -0.3 is 5.32 Å². The predicted molar refractivity (Wildman–Crippen MR) is 85.6 cm³/mol. The van der Waals surface area contributed by atoms with E-state index in [0.717, 1.165) is 0 Å². The minimum atomic E-state index is -3.55. The van der Waals surface area contributed by atoms with Gasteiger partial charge in [0.2, 0.25) is 20.1 Å². The van der Waals surface area contributed by atoms with Crippen molar-refractivity contribution in [2.75, 3.05) is 5.32 Å². The third kappa shape index (κ3) is 3.34. The van der Waals surface area contributed by atoms with Gasteiger partial charge in [-0.1, -0.05) is 11.6 Å². The van der Waals surface area contributed by atoms with Gasteiger partial charge in [0.1, 0.15) is 5.02 Å². The van der Waals surface area contributed by atoms with Gasteiger partial charge in [-0.3, -0.25) is 4.68 Å². The van der Waals surface area contributed by atoms with E-state index in [9.17, 15) is 8.42 Å². The van der Waals surface area contributed by atoms with Gasteiger partial charge in [0.25, 0.3) is 0 Å². The number of nitrogens with one attached hydrogen (secondary N) is 1. The van der Waals surface area contributed by atoms with E-state index in [-0.39, 0.29) is 21.2 Å². The molecule has 0 atom stereocenters. The molecule has 0 bridgehead atoms. The van der Waals surface area contributed by atoms with E-state index >= 15 is 0 Å². The number of nitrogens with zero attached hydrogens (tertiary/aromatic N) is 4. The summed E-state index contributed by atoms with van der Waals surface area (Å²) in [7, 11) is -3.55. The third-order valence-corrected chi connectivity index (χ3v) is 5.45. The quantitative estimate of drug-likeness (QED) is 0.821. The Hall–Kier alpha value is -1.38. The SMILES string of the molecule is CCn1cc(Nc2nc(Cl)ncc2Cl)c(S(=O)(=O)C(C)C)n1. The summed E-state index contributed by atoms with van der Waals surface area (Å²) in [6.45, 7) is 5.58. The maximum atomic E-state index is 12.4. The number of rotatable bonds is 5. The molecule has 0 aliphatic carbocycles. The Kier molecular flexibility index (Phi) is 4.93. The van der Waals surface area contributed by atoms with E-state index in [1.165, 1.54) is 10.9 Å². The number of aryl methyl sites for hydroxylation is 1. The second-order valence-corrected chi connectivity index (χ2v) is 7.92. The Morgan fingerprint density at radius 1 is 1.36 bits per heavy atom. The van der Waals surface area contributed by atoms with Gasteiger partial charge in [0.05, 0.1) is 17.1 Å². The second kappa shape index (κ2) is 6.39. The van der Waals surface area contributed by atoms with Crippen molar-refractivity contribution >= 4 is 44.5 Å². The van der Waals surface area contributed by atoms with Crippen molar-refractivity contribution in [1.29, 1.82) is 0 Å². The molecule has 0 aliphatic heterocycles. The third-order valence-electron chi connectivity index (χ3n) is 2.91. The van der Waals surface area contributed by atoms with E-state index in [1.807, 2.05) is 6.92 Å². The monoisotopic (exact) mass is 363 g/mol. The maximum absolute atomic E-state index is 12.4. The Bertz CT molecular complexity index is 789. The highest BCUT2D eigenvalue weighted by atomic mass is 35.5. The zero-order valence-electron chi connectivity index (χ0n) is 12.2. The average Bonchev–Trinajstić information content (AvgIpc) is 2.86. The van der Waals surface area contributed by atoms with Crippen LogP contribution in [-0.4, -0.2) is 33.4 Å². The van der Waals surface area contributed by atoms with Crippen LogP contribution in [0.25, 0.3) is 0 Å². The molecule has 2 aromatic heterocycles. The molecule has 0 aliphatic rings. The molecular formula is C12H15Cl2N5O2S. The number of halogens is 2. The fourth-order valence-electron chi connectivity index (χ4n) is 1.65. The van der Waals surface area contributed by atoms with Crippen LogP contribution in [-0.2, 0) is 16.4 Å². The summed E-state index contributed by atoms with van der Waals surface area (Å²) in [4.78, 5) is 7.70. The van der Waals surface area contributed by atoms with Gasteiger partial charge in [0, 0.05) is 12.7 Å². The first-order valence-electron chi connectivity index (χ1n) is 6.52. The van der Waals surface area contributed by atoms with Crippen molar-refractivity contribution < 1.29 is 8.42 Å². The van der Waals surface area contributed by atoms with Crippen molar-refractivity contribution in [2.45, 2.75) is 37.6 Å². The minimum Gasteiger partial charge on any atom is -0.335 e. The van der Waals surface area contributed by atoms with Crippen molar-refractivity contribution in [3.63, 3.8) is 0 Å². The lowest BCUT2D eigenvalue weighted by molar-refractivity contribution is 0.574. The molecule has 10 heteroatoms. The van der Waals surface area contributed by atoms with Crippen molar-refractivity contribution in [2.24, 2.45) is 0 Å². The van der Waals surface area contributed by atoms with E-state index < -0.39 is 15.1 Å². The molecule has 0 saturated carbocycles. The topological polar surface area (TPSA) is 89.8 Å². The minimum absolute atomic E-state index is 0.00282. The van der Waals surface area contributed by atoms with Gasteiger partial charge in [-0.15, -0.1) is 0 Å². The Balaban J connectivity index is 2.51. The van der Waals surface area contributed by atoms with Crippen LogP contribution in [0.4, 0.5) is 11.5 Å². The van der Waals surface area contributed by atoms with Crippen LogP contribution in [0.1, 0.15) is 20.8 Å². The molecule has 0 aromatic carbocycles. The molecule has 0 saturated heterocycles. The molecule has 2 heterocycles. The molecular weight excluding hydrogens is 349 g/mol. The summed E-state index contributed by atoms with van der Waals surface area (Å²) >= 11 is 11.7. The fourth-order valence-corrected chi connectivity index (χ4v) is 2.99. The molecule has 120 valence electrons. The lowest BCUT2D eigenvalue weighted by Crippen LogP contribution is -2.16. The summed E-state index contributed by atoms with van der Waals surface area (Å²) in [6, 6.07) is 0. The van der Waals surface area contributed by atoms with Crippen LogP contribution < -0.4 is 5.32 Å². The first-order chi connectivity index (χ1) is 10.3. The molecule has 22 heavy (non-hydrogen) atoms. The van der Waals surface area contributed by atoms with Crippen LogP contribution >= 0.6 is 23.2 Å². The number of aromatic nitrogens is 4. The van der Waals surface area contributed by atoms with Crippen molar-refractivity contribution in [3.05, 3.63) is 22.7 Å². The van der Waals surface area contributed by atoms with E-state index in [4.69, 9.17) is 23.2 Å². The van der Waals surface area contributed by atoms with Gasteiger partial charge in [-0.25, -0.2) is 13.4 Å². The molecule has 0 amide bonds. The number of anilines is 2. The smallest absolute Gasteiger partial charge is 0.224 e. The van der Waals surface area contributed by atoms with Gasteiger partial charge in [-0.05, 0) is 32.4 Å². The highest BCUT2D eigenvalue weighted by Gasteiger charge is 2.27. The van der Waals surface area contributed by atoms with Gasteiger partial charge >= 0.3 is 0 Å². The molecule has 1 N–H and O–H groups in total. The number of hydrogen-bond donors (Lipinski definition) is 1. The molecule has 2 rings (SSSR count). The van der Waals surface area contributed by atoms with Gasteiger partial charge in [-0.2, -0.15) is 10.1 Å². The largest absolute Gasteiger partial charge is 0.335 e. The van der Waals surface area contributed by atoms with Crippen LogP contribution in [0.2, 0.25) is 10.3 Å². The zero-order valence-corrected chi connectivity index (χ0v) is 14.5. The first-order valence-corrected chi connectivity index (χ1v) is 8.82. The maximum Gasteiger partial charge on any atom is 0.224 e. The summed E-state index contributed by atoms with van der Waals surface area (Å²) in [6.07, 6.45) is 2.92. The summed E-state index contributed by atoms with van der Waals surface area (Å²) < 4.78 is 26.4. The molecule has 0 spiro atoms. The normalized spacial score (nSPS) is 11.9. The second-order valence-electron chi connectivity index (χ2n) is 4.76. The van der Waals surface area contributed by atoms with E-state index in [1.54, 1.807) is 20.0 Å². The van der Waals surface area contributed by atoms with Crippen molar-refractivity contribution in [3.8, 4) is 0 Å². The molecule has 0 radical (unpaired) electrons. The van der Waals surface area contributed by atoms with E-state index in [2.05, 4.69) is 20.4 Å². The Labute approximate surface area is 138 Å². The zero-order chi connectivity index (χ0) is 16.5. The highest BCUT2D eigenvalue weighted by Crippen LogP contribution is 2.29. The standard InChI is InChI=1S/C12H15Cl2N5O2S/c1-4-19-6-9(11(18-19)22(20,21)7(2)3)16-10-8(13)5-15-12(14)17-10/h5-7H,4H2,1-3H3,(H,15,16,17). The Morgan fingerprint density at radius 3 is 2.64 bits per heavy atom. The summed E-state index contributed by atoms with van der Waals surface area (Å²) in [5.74, 6) is 0.220. The fraction of sp³-hybridized carbons (Fsp3) is 0.417. The number of hydrogen-bond acceptors (Lipinski definition) is 6. The molecule has 7 nitrogen and oxygen atoms in total. The predicted octanol–water partition coefficient (Wildman–Crippen LogP) is 2.93. The molecule has 0 fully saturated rings. The summed E-state index contributed by atoms with van der Waals surface area (Å²) in [5, 5.41) is 6.56. The van der Waals surface area contributed by atoms with Crippen LogP contribution in [0.3, 0.4) is 0 Å². The highest BCUT2D eigenvalue weighted by molar-refractivity contribution is 7.92. The van der Waals surface area contributed by atoms with Crippen LogP contribution in [0, 0.1) is 0 Å². The van der Waals surface area contributed by atoms with Crippen LogP contribution in [0.5, 0.6) is 0 Å². The Morgan fingerprint density at radius 2 is 2.05 bits per heavy atom. The van der Waals surface area contributed by atoms with Gasteiger partial charge in [0.15, 0.2) is 5.82 Å². The van der Waals surface area contributed by atoms with Crippen LogP contribution in [0.15, 0.2) is 17.4 Å².